The molecule has 1 fully saturated rings. The molecule has 1 rings (SSSR count). The molecular formula is C15H31NO. The van der Waals surface area contributed by atoms with Gasteiger partial charge in [-0.05, 0) is 30.6 Å². The molecular weight excluding hydrogens is 210 g/mol. The van der Waals surface area contributed by atoms with Crippen molar-refractivity contribution in [2.45, 2.75) is 78.4 Å². The Morgan fingerprint density at radius 3 is 2.24 bits per heavy atom. The minimum absolute atomic E-state index is 0.143. The molecule has 1 aliphatic carbocycles. The molecule has 2 unspecified atom stereocenters. The van der Waals surface area contributed by atoms with Crippen molar-refractivity contribution in [3.05, 3.63) is 0 Å². The van der Waals surface area contributed by atoms with Crippen molar-refractivity contribution in [2.75, 3.05) is 6.61 Å². The summed E-state index contributed by atoms with van der Waals surface area (Å²) >= 11 is 0. The molecule has 17 heavy (non-hydrogen) atoms. The average molecular weight is 241 g/mol. The number of rotatable bonds is 5. The van der Waals surface area contributed by atoms with Crippen molar-refractivity contribution in [1.29, 1.82) is 0 Å². The Balaban J connectivity index is 2.43. The summed E-state index contributed by atoms with van der Waals surface area (Å²) in [4.78, 5) is 0. The van der Waals surface area contributed by atoms with Crippen molar-refractivity contribution in [3.63, 3.8) is 0 Å². The van der Waals surface area contributed by atoms with Gasteiger partial charge in [0.1, 0.15) is 0 Å². The van der Waals surface area contributed by atoms with Gasteiger partial charge in [0, 0.05) is 12.6 Å². The van der Waals surface area contributed by atoms with Crippen LogP contribution in [0.25, 0.3) is 0 Å². The molecule has 0 saturated heterocycles. The molecule has 0 amide bonds. The van der Waals surface area contributed by atoms with Crippen molar-refractivity contribution in [3.8, 4) is 0 Å². The van der Waals surface area contributed by atoms with Crippen LogP contribution in [0.3, 0.4) is 0 Å². The van der Waals surface area contributed by atoms with Gasteiger partial charge < -0.3 is 10.5 Å². The third-order valence-corrected chi connectivity index (χ3v) is 3.95. The van der Waals surface area contributed by atoms with E-state index in [1.165, 1.54) is 32.1 Å². The molecule has 2 nitrogen and oxygen atoms in total. The molecule has 0 aromatic heterocycles. The van der Waals surface area contributed by atoms with E-state index in [-0.39, 0.29) is 17.6 Å². The summed E-state index contributed by atoms with van der Waals surface area (Å²) in [5.74, 6) is 0.776. The van der Waals surface area contributed by atoms with E-state index in [9.17, 15) is 0 Å². The average Bonchev–Trinajstić information content (AvgIpc) is 2.28. The summed E-state index contributed by atoms with van der Waals surface area (Å²) in [7, 11) is 0. The first-order valence-electron chi connectivity index (χ1n) is 7.32. The van der Waals surface area contributed by atoms with Gasteiger partial charge in [-0.1, -0.05) is 47.0 Å². The van der Waals surface area contributed by atoms with Gasteiger partial charge in [0.15, 0.2) is 0 Å². The molecule has 0 heterocycles. The maximum Gasteiger partial charge on any atom is 0.0774 e. The van der Waals surface area contributed by atoms with Gasteiger partial charge in [-0.2, -0.15) is 0 Å². The van der Waals surface area contributed by atoms with Crippen LogP contribution in [-0.4, -0.2) is 18.8 Å². The largest absolute Gasteiger partial charge is 0.376 e. The Morgan fingerprint density at radius 2 is 1.76 bits per heavy atom. The number of nitrogens with two attached hydrogens (primary N) is 1. The van der Waals surface area contributed by atoms with Gasteiger partial charge in [-0.3, -0.25) is 0 Å². The quantitative estimate of drug-likeness (QED) is 0.796. The van der Waals surface area contributed by atoms with Crippen LogP contribution in [0.4, 0.5) is 0 Å². The summed E-state index contributed by atoms with van der Waals surface area (Å²) in [6, 6.07) is 0.165. The van der Waals surface area contributed by atoms with Crippen LogP contribution < -0.4 is 5.73 Å². The highest BCUT2D eigenvalue weighted by Crippen LogP contribution is 2.29. The molecule has 0 aromatic carbocycles. The molecule has 0 radical (unpaired) electrons. The van der Waals surface area contributed by atoms with E-state index in [1.54, 1.807) is 0 Å². The third kappa shape index (κ3) is 4.97. The lowest BCUT2D eigenvalue weighted by atomic mass is 9.83. The lowest BCUT2D eigenvalue weighted by Crippen LogP contribution is -2.45. The molecule has 0 aliphatic heterocycles. The lowest BCUT2D eigenvalue weighted by molar-refractivity contribution is -0.0524. The standard InChI is InChI=1S/C15H31NO/c1-5-13(16)14(15(2,3)4)17-11-12-9-7-6-8-10-12/h12-14H,5-11,16H2,1-4H3. The Morgan fingerprint density at radius 1 is 1.18 bits per heavy atom. The Kier molecular flexibility index (Phi) is 5.94. The fraction of sp³-hybridized carbons (Fsp3) is 1.00. The summed E-state index contributed by atoms with van der Waals surface area (Å²) in [5.41, 5.74) is 6.34. The fourth-order valence-electron chi connectivity index (χ4n) is 2.82. The zero-order chi connectivity index (χ0) is 12.9. The van der Waals surface area contributed by atoms with Crippen molar-refractivity contribution in [1.82, 2.24) is 0 Å². The maximum absolute atomic E-state index is 6.19. The van der Waals surface area contributed by atoms with Gasteiger partial charge in [0.05, 0.1) is 6.10 Å². The van der Waals surface area contributed by atoms with Crippen molar-refractivity contribution in [2.24, 2.45) is 17.1 Å². The second-order valence-corrected chi connectivity index (χ2v) is 6.70. The molecule has 0 aromatic rings. The summed E-state index contributed by atoms with van der Waals surface area (Å²) in [6.45, 7) is 9.75. The van der Waals surface area contributed by atoms with Crippen molar-refractivity contribution < 1.29 is 4.74 Å². The fourth-order valence-corrected chi connectivity index (χ4v) is 2.82. The second-order valence-electron chi connectivity index (χ2n) is 6.70. The minimum atomic E-state index is 0.143. The van der Waals surface area contributed by atoms with Gasteiger partial charge in [-0.15, -0.1) is 0 Å². The van der Waals surface area contributed by atoms with Gasteiger partial charge in [-0.25, -0.2) is 0 Å². The van der Waals surface area contributed by atoms with E-state index in [4.69, 9.17) is 10.5 Å². The number of ether oxygens (including phenoxy) is 1. The van der Waals surface area contributed by atoms with E-state index < -0.39 is 0 Å². The van der Waals surface area contributed by atoms with E-state index in [2.05, 4.69) is 27.7 Å². The first-order chi connectivity index (χ1) is 7.95. The number of hydrogen-bond donors (Lipinski definition) is 1. The Bertz CT molecular complexity index is 203. The highest BCUT2D eigenvalue weighted by atomic mass is 16.5. The lowest BCUT2D eigenvalue weighted by Gasteiger charge is -2.36. The smallest absolute Gasteiger partial charge is 0.0774 e. The van der Waals surface area contributed by atoms with Gasteiger partial charge >= 0.3 is 0 Å². The first kappa shape index (κ1) is 15.0. The highest BCUT2D eigenvalue weighted by Gasteiger charge is 2.31. The predicted octanol–water partition coefficient (Wildman–Crippen LogP) is 3.74. The van der Waals surface area contributed by atoms with Crippen LogP contribution in [-0.2, 0) is 4.74 Å². The third-order valence-electron chi connectivity index (χ3n) is 3.95. The van der Waals surface area contributed by atoms with E-state index in [0.29, 0.717) is 0 Å². The second kappa shape index (κ2) is 6.75. The molecule has 102 valence electrons. The maximum atomic E-state index is 6.19. The van der Waals surface area contributed by atoms with Crippen LogP contribution in [0.15, 0.2) is 0 Å². The summed E-state index contributed by atoms with van der Waals surface area (Å²) in [6.07, 6.45) is 8.05. The van der Waals surface area contributed by atoms with Crippen molar-refractivity contribution >= 4 is 0 Å². The van der Waals surface area contributed by atoms with E-state index in [0.717, 1.165) is 18.9 Å². The molecule has 1 aliphatic rings. The van der Waals surface area contributed by atoms with E-state index >= 15 is 0 Å². The molecule has 0 spiro atoms. The predicted molar refractivity (Wildman–Crippen MR) is 74.0 cm³/mol. The monoisotopic (exact) mass is 241 g/mol. The van der Waals surface area contributed by atoms with Crippen LogP contribution in [0.5, 0.6) is 0 Å². The summed E-state index contributed by atoms with van der Waals surface area (Å²) in [5, 5.41) is 0. The Labute approximate surface area is 107 Å². The molecule has 2 heteroatoms. The van der Waals surface area contributed by atoms with Crippen LogP contribution >= 0.6 is 0 Å². The van der Waals surface area contributed by atoms with Gasteiger partial charge in [0.25, 0.3) is 0 Å². The highest BCUT2D eigenvalue weighted by molar-refractivity contribution is 4.84. The van der Waals surface area contributed by atoms with Crippen LogP contribution in [0.2, 0.25) is 0 Å². The first-order valence-corrected chi connectivity index (χ1v) is 7.32. The topological polar surface area (TPSA) is 35.2 Å². The zero-order valence-corrected chi connectivity index (χ0v) is 12.2. The SMILES string of the molecule is CCC(N)C(OCC1CCCCC1)C(C)(C)C. The normalized spacial score (nSPS) is 22.4. The zero-order valence-electron chi connectivity index (χ0n) is 12.2. The molecule has 1 saturated carbocycles. The van der Waals surface area contributed by atoms with Gasteiger partial charge in [0.2, 0.25) is 0 Å². The molecule has 0 bridgehead atoms. The van der Waals surface area contributed by atoms with E-state index in [1.807, 2.05) is 0 Å². The van der Waals surface area contributed by atoms with Crippen LogP contribution in [0, 0.1) is 11.3 Å². The minimum Gasteiger partial charge on any atom is -0.376 e. The molecule has 2 N–H and O–H groups in total. The van der Waals surface area contributed by atoms with Crippen LogP contribution in [0.1, 0.15) is 66.2 Å². The summed E-state index contributed by atoms with van der Waals surface area (Å²) < 4.78 is 6.17. The Hall–Kier alpha value is -0.0800. The number of hydrogen-bond acceptors (Lipinski definition) is 2. The molecule has 2 atom stereocenters.